The van der Waals surface area contributed by atoms with Gasteiger partial charge in [-0.3, -0.25) is 4.79 Å². The molecule has 0 saturated heterocycles. The molecule has 1 fully saturated rings. The molecule has 0 unspecified atom stereocenters. The number of aliphatic hydroxyl groups excluding tert-OH is 2. The van der Waals surface area contributed by atoms with Crippen LogP contribution in [0.2, 0.25) is 0 Å². The van der Waals surface area contributed by atoms with Crippen LogP contribution in [-0.4, -0.2) is 28.2 Å². The highest BCUT2D eigenvalue weighted by Gasteiger charge is 2.54. The summed E-state index contributed by atoms with van der Waals surface area (Å²) >= 11 is 0. The van der Waals surface area contributed by atoms with Crippen LogP contribution in [0.15, 0.2) is 34.9 Å². The summed E-state index contributed by atoms with van der Waals surface area (Å²) in [7, 11) is 0. The molecule has 21 heavy (non-hydrogen) atoms. The van der Waals surface area contributed by atoms with Gasteiger partial charge in [-0.25, -0.2) is 0 Å². The molecule has 4 rings (SSSR count). The van der Waals surface area contributed by atoms with Crippen molar-refractivity contribution in [3.05, 3.63) is 34.9 Å². The van der Waals surface area contributed by atoms with Crippen LogP contribution in [0, 0.1) is 17.3 Å². The van der Waals surface area contributed by atoms with Gasteiger partial charge in [0.2, 0.25) is 0 Å². The molecule has 0 bridgehead atoms. The van der Waals surface area contributed by atoms with Crippen molar-refractivity contribution >= 4 is 5.78 Å². The Bertz CT molecular complexity index is 598. The third-order valence-corrected chi connectivity index (χ3v) is 6.22. The van der Waals surface area contributed by atoms with Crippen LogP contribution in [0.25, 0.3) is 0 Å². The van der Waals surface area contributed by atoms with Gasteiger partial charge in [-0.2, -0.15) is 0 Å². The second-order valence-electron chi connectivity index (χ2n) is 7.27. The summed E-state index contributed by atoms with van der Waals surface area (Å²) in [6.45, 7) is 2.08. The van der Waals surface area contributed by atoms with Crippen molar-refractivity contribution in [3.8, 4) is 0 Å². The van der Waals surface area contributed by atoms with Gasteiger partial charge in [-0.15, -0.1) is 0 Å². The number of fused-ring (bicyclic) bond motifs is 4. The van der Waals surface area contributed by atoms with Gasteiger partial charge in [0.1, 0.15) is 0 Å². The van der Waals surface area contributed by atoms with Crippen LogP contribution in [0.1, 0.15) is 39.0 Å². The average molecular weight is 286 g/mol. The fourth-order valence-electron chi connectivity index (χ4n) is 5.01. The van der Waals surface area contributed by atoms with Crippen LogP contribution in [0.5, 0.6) is 0 Å². The van der Waals surface area contributed by atoms with Gasteiger partial charge in [0.25, 0.3) is 0 Å². The molecule has 0 aliphatic heterocycles. The van der Waals surface area contributed by atoms with E-state index in [-0.39, 0.29) is 11.2 Å². The van der Waals surface area contributed by atoms with E-state index in [1.54, 1.807) is 0 Å². The van der Waals surface area contributed by atoms with E-state index in [9.17, 15) is 15.0 Å². The average Bonchev–Trinajstić information content (AvgIpc) is 2.70. The van der Waals surface area contributed by atoms with E-state index in [4.69, 9.17) is 0 Å². The van der Waals surface area contributed by atoms with E-state index in [2.05, 4.69) is 19.1 Å². The second-order valence-corrected chi connectivity index (χ2v) is 7.27. The van der Waals surface area contributed by atoms with Gasteiger partial charge in [-0.1, -0.05) is 19.1 Å². The zero-order chi connectivity index (χ0) is 14.8. The molecule has 0 spiro atoms. The highest BCUT2D eigenvalue weighted by Crippen LogP contribution is 2.57. The van der Waals surface area contributed by atoms with Crippen LogP contribution >= 0.6 is 0 Å². The molecule has 0 heterocycles. The van der Waals surface area contributed by atoms with Gasteiger partial charge in [0, 0.05) is 11.8 Å². The quantitative estimate of drug-likeness (QED) is 0.718. The Labute approximate surface area is 125 Å². The largest absolute Gasteiger partial charge is 0.390 e. The lowest BCUT2D eigenvalue weighted by atomic mass is 9.60. The van der Waals surface area contributed by atoms with Crippen LogP contribution in [-0.2, 0) is 4.79 Å². The summed E-state index contributed by atoms with van der Waals surface area (Å²) in [6, 6.07) is 0. The number of hydrogen-bond donors (Lipinski definition) is 2. The monoisotopic (exact) mass is 286 g/mol. The number of ketones is 1. The summed E-state index contributed by atoms with van der Waals surface area (Å²) < 4.78 is 0. The fraction of sp³-hybridized carbons (Fsp3) is 0.611. The first-order chi connectivity index (χ1) is 10.0. The SMILES string of the molecule is C[C@]12C=CC3=C4CCC(=O)C=C4CC[C@H]3[C@@H]1C[C@@H](O)[C@@H]2O. The Kier molecular flexibility index (Phi) is 2.82. The van der Waals surface area contributed by atoms with E-state index in [0.717, 1.165) is 19.3 Å². The molecule has 5 atom stereocenters. The van der Waals surface area contributed by atoms with Crippen molar-refractivity contribution in [3.63, 3.8) is 0 Å². The molecule has 4 aliphatic carbocycles. The lowest BCUT2D eigenvalue weighted by molar-refractivity contribution is -0.114. The third kappa shape index (κ3) is 1.77. The smallest absolute Gasteiger partial charge is 0.156 e. The predicted molar refractivity (Wildman–Crippen MR) is 79.4 cm³/mol. The third-order valence-electron chi connectivity index (χ3n) is 6.22. The van der Waals surface area contributed by atoms with Crippen molar-refractivity contribution in [2.45, 2.75) is 51.2 Å². The summed E-state index contributed by atoms with van der Waals surface area (Å²) in [6.07, 6.45) is 8.99. The first-order valence-corrected chi connectivity index (χ1v) is 8.03. The molecule has 0 aromatic heterocycles. The predicted octanol–water partition coefficient (Wildman–Crippen LogP) is 2.30. The Morgan fingerprint density at radius 2 is 2.05 bits per heavy atom. The van der Waals surface area contributed by atoms with E-state index in [1.165, 1.54) is 16.7 Å². The summed E-state index contributed by atoms with van der Waals surface area (Å²) in [5.74, 6) is 0.991. The molecule has 2 N–H and O–H groups in total. The van der Waals surface area contributed by atoms with Gasteiger partial charge < -0.3 is 10.2 Å². The number of rotatable bonds is 0. The van der Waals surface area contributed by atoms with Crippen LogP contribution < -0.4 is 0 Å². The summed E-state index contributed by atoms with van der Waals surface area (Å²) in [5.41, 5.74) is 3.65. The molecule has 1 saturated carbocycles. The fourth-order valence-corrected chi connectivity index (χ4v) is 5.01. The highest BCUT2D eigenvalue weighted by molar-refractivity contribution is 5.93. The maximum Gasteiger partial charge on any atom is 0.156 e. The van der Waals surface area contributed by atoms with Gasteiger partial charge >= 0.3 is 0 Å². The van der Waals surface area contributed by atoms with Gasteiger partial charge in [0.05, 0.1) is 12.2 Å². The first-order valence-electron chi connectivity index (χ1n) is 8.03. The molecular weight excluding hydrogens is 264 g/mol. The van der Waals surface area contributed by atoms with E-state index in [0.29, 0.717) is 24.7 Å². The maximum absolute atomic E-state index is 11.6. The molecule has 3 heteroatoms. The highest BCUT2D eigenvalue weighted by atomic mass is 16.3. The maximum atomic E-state index is 11.6. The zero-order valence-electron chi connectivity index (χ0n) is 12.4. The van der Waals surface area contributed by atoms with Crippen LogP contribution in [0.3, 0.4) is 0 Å². The molecule has 0 aromatic carbocycles. The summed E-state index contributed by atoms with van der Waals surface area (Å²) in [4.78, 5) is 11.6. The van der Waals surface area contributed by atoms with Crippen LogP contribution in [0.4, 0.5) is 0 Å². The van der Waals surface area contributed by atoms with Crippen molar-refractivity contribution in [2.75, 3.05) is 0 Å². The number of aliphatic hydroxyl groups is 2. The minimum Gasteiger partial charge on any atom is -0.390 e. The van der Waals surface area contributed by atoms with E-state index >= 15 is 0 Å². The van der Waals surface area contributed by atoms with E-state index < -0.39 is 12.2 Å². The molecule has 0 radical (unpaired) electrons. The number of hydrogen-bond acceptors (Lipinski definition) is 3. The number of carbonyl (C=O) groups excluding carboxylic acids is 1. The number of allylic oxidation sites excluding steroid dienone is 5. The minimum atomic E-state index is -0.657. The lowest BCUT2D eigenvalue weighted by Crippen LogP contribution is -2.40. The van der Waals surface area contributed by atoms with E-state index in [1.807, 2.05) is 6.08 Å². The Hall–Kier alpha value is -1.19. The van der Waals surface area contributed by atoms with Crippen molar-refractivity contribution in [1.29, 1.82) is 0 Å². The Balaban J connectivity index is 1.81. The normalized spacial score (nSPS) is 45.1. The Morgan fingerprint density at radius 1 is 1.24 bits per heavy atom. The second kappa shape index (κ2) is 4.40. The van der Waals surface area contributed by atoms with Gasteiger partial charge in [0.15, 0.2) is 5.78 Å². The van der Waals surface area contributed by atoms with Crippen molar-refractivity contribution in [1.82, 2.24) is 0 Å². The number of carbonyl (C=O) groups is 1. The van der Waals surface area contributed by atoms with Crippen molar-refractivity contribution < 1.29 is 15.0 Å². The minimum absolute atomic E-state index is 0.254. The molecule has 3 nitrogen and oxygen atoms in total. The first kappa shape index (κ1) is 13.5. The standard InChI is InChI=1S/C18H22O3/c1-18-7-6-13-12-5-3-11(19)8-10(12)2-4-14(13)15(18)9-16(20)17(18)21/h6-8,14-17,20-21H,2-5,9H2,1H3/t14-,15+,16-,17+,18+/m1/s1. The molecule has 0 aromatic rings. The molecular formula is C18H22O3. The molecule has 4 aliphatic rings. The topological polar surface area (TPSA) is 57.5 Å². The molecule has 0 amide bonds. The Morgan fingerprint density at radius 3 is 2.86 bits per heavy atom. The zero-order valence-corrected chi connectivity index (χ0v) is 12.4. The van der Waals surface area contributed by atoms with Crippen molar-refractivity contribution in [2.24, 2.45) is 17.3 Å². The van der Waals surface area contributed by atoms with Gasteiger partial charge in [-0.05, 0) is 60.3 Å². The summed E-state index contributed by atoms with van der Waals surface area (Å²) in [5, 5.41) is 20.4. The lowest BCUT2D eigenvalue weighted by Gasteiger charge is -2.44. The molecule has 112 valence electrons.